The lowest BCUT2D eigenvalue weighted by molar-refractivity contribution is 0.0952. The van der Waals surface area contributed by atoms with Gasteiger partial charge in [0, 0.05) is 5.56 Å². The lowest BCUT2D eigenvalue weighted by Gasteiger charge is -2.15. The van der Waals surface area contributed by atoms with Crippen LogP contribution < -0.4 is 10.1 Å². The molecule has 5 heteroatoms. The highest BCUT2D eigenvalue weighted by Crippen LogP contribution is 2.35. The van der Waals surface area contributed by atoms with Crippen molar-refractivity contribution in [2.75, 3.05) is 6.54 Å². The molecule has 1 aliphatic heterocycles. The van der Waals surface area contributed by atoms with Gasteiger partial charge in [-0.1, -0.05) is 23.2 Å². The monoisotopic (exact) mass is 301 g/mol. The van der Waals surface area contributed by atoms with Gasteiger partial charge in [0.25, 0.3) is 0 Å². The zero-order valence-electron chi connectivity index (χ0n) is 11.0. The molecule has 1 saturated heterocycles. The minimum absolute atomic E-state index is 0.0203. The summed E-state index contributed by atoms with van der Waals surface area (Å²) in [4.78, 5) is 12.3. The summed E-state index contributed by atoms with van der Waals surface area (Å²) >= 11 is 12.3. The standard InChI is InChI=1S/C14H17Cl2NO2/c1-8(2)19-14-10(15)6-9(7-11(14)16)13(18)12-4-3-5-17-12/h6-8,12,17H,3-5H2,1-2H3. The van der Waals surface area contributed by atoms with Crippen LogP contribution in [0.5, 0.6) is 5.75 Å². The van der Waals surface area contributed by atoms with Crippen molar-refractivity contribution in [3.8, 4) is 5.75 Å². The smallest absolute Gasteiger partial charge is 0.179 e. The molecule has 0 radical (unpaired) electrons. The number of nitrogens with one attached hydrogen (secondary N) is 1. The molecule has 1 unspecified atom stereocenters. The molecule has 19 heavy (non-hydrogen) atoms. The fourth-order valence-corrected chi connectivity index (χ4v) is 2.74. The van der Waals surface area contributed by atoms with Gasteiger partial charge in [0.2, 0.25) is 0 Å². The Kier molecular flexibility index (Phi) is 4.71. The predicted octanol–water partition coefficient (Wildman–Crippen LogP) is 3.72. The van der Waals surface area contributed by atoms with Crippen LogP contribution in [0.25, 0.3) is 0 Å². The summed E-state index contributed by atoms with van der Waals surface area (Å²) in [5.74, 6) is 0.478. The molecule has 0 aliphatic carbocycles. The number of ether oxygens (including phenoxy) is 1. The Morgan fingerprint density at radius 1 is 1.37 bits per heavy atom. The van der Waals surface area contributed by atoms with Crippen molar-refractivity contribution in [1.82, 2.24) is 5.32 Å². The molecule has 0 spiro atoms. The zero-order valence-corrected chi connectivity index (χ0v) is 12.5. The van der Waals surface area contributed by atoms with Gasteiger partial charge in [0.1, 0.15) is 0 Å². The molecular weight excluding hydrogens is 285 g/mol. The lowest BCUT2D eigenvalue weighted by Crippen LogP contribution is -2.30. The highest BCUT2D eigenvalue weighted by Gasteiger charge is 2.24. The molecule has 0 bridgehead atoms. The number of halogens is 2. The van der Waals surface area contributed by atoms with Gasteiger partial charge in [-0.15, -0.1) is 0 Å². The fourth-order valence-electron chi connectivity index (χ4n) is 2.16. The molecule has 1 N–H and O–H groups in total. The molecule has 0 amide bonds. The molecule has 1 fully saturated rings. The molecule has 0 saturated carbocycles. The van der Waals surface area contributed by atoms with E-state index in [4.69, 9.17) is 27.9 Å². The maximum Gasteiger partial charge on any atom is 0.179 e. The van der Waals surface area contributed by atoms with Crippen LogP contribution in [0.3, 0.4) is 0 Å². The van der Waals surface area contributed by atoms with E-state index in [0.29, 0.717) is 21.4 Å². The van der Waals surface area contributed by atoms with Gasteiger partial charge in [-0.3, -0.25) is 4.79 Å². The van der Waals surface area contributed by atoms with Crippen molar-refractivity contribution < 1.29 is 9.53 Å². The van der Waals surface area contributed by atoms with Crippen molar-refractivity contribution in [3.05, 3.63) is 27.7 Å². The summed E-state index contributed by atoms with van der Waals surface area (Å²) in [6.45, 7) is 4.68. The van der Waals surface area contributed by atoms with Crippen LogP contribution in [0.1, 0.15) is 37.0 Å². The van der Waals surface area contributed by atoms with Crippen LogP contribution in [0.2, 0.25) is 10.0 Å². The van der Waals surface area contributed by atoms with Crippen LogP contribution >= 0.6 is 23.2 Å². The third-order valence-electron chi connectivity index (χ3n) is 3.01. The van der Waals surface area contributed by atoms with E-state index >= 15 is 0 Å². The quantitative estimate of drug-likeness (QED) is 0.862. The second kappa shape index (κ2) is 6.12. The zero-order chi connectivity index (χ0) is 14.0. The van der Waals surface area contributed by atoms with Crippen LogP contribution in [0.15, 0.2) is 12.1 Å². The Morgan fingerprint density at radius 3 is 2.47 bits per heavy atom. The van der Waals surface area contributed by atoms with Gasteiger partial charge in [-0.25, -0.2) is 0 Å². The van der Waals surface area contributed by atoms with Gasteiger partial charge in [0.05, 0.1) is 22.2 Å². The average molecular weight is 302 g/mol. The minimum Gasteiger partial charge on any atom is -0.488 e. The Bertz CT molecular complexity index is 459. The normalized spacial score (nSPS) is 18.9. The molecular formula is C14H17Cl2NO2. The number of hydrogen-bond donors (Lipinski definition) is 1. The Balaban J connectivity index is 2.26. The Labute approximate surface area is 123 Å². The lowest BCUT2D eigenvalue weighted by atomic mass is 10.0. The number of ketones is 1. The third-order valence-corrected chi connectivity index (χ3v) is 3.57. The molecule has 0 aromatic heterocycles. The molecule has 1 heterocycles. The van der Waals surface area contributed by atoms with Gasteiger partial charge in [-0.05, 0) is 45.4 Å². The Morgan fingerprint density at radius 2 is 2.00 bits per heavy atom. The molecule has 3 nitrogen and oxygen atoms in total. The molecule has 1 atom stereocenters. The van der Waals surface area contributed by atoms with Crippen molar-refractivity contribution in [1.29, 1.82) is 0 Å². The van der Waals surface area contributed by atoms with E-state index in [1.54, 1.807) is 12.1 Å². The molecule has 2 rings (SSSR count). The van der Waals surface area contributed by atoms with Gasteiger partial charge >= 0.3 is 0 Å². The fraction of sp³-hybridized carbons (Fsp3) is 0.500. The summed E-state index contributed by atoms with van der Waals surface area (Å²) in [5, 5.41) is 3.93. The first-order valence-electron chi connectivity index (χ1n) is 6.42. The maximum atomic E-state index is 12.3. The first kappa shape index (κ1) is 14.6. The van der Waals surface area contributed by atoms with Crippen molar-refractivity contribution in [2.45, 2.75) is 38.8 Å². The maximum absolute atomic E-state index is 12.3. The van der Waals surface area contributed by atoms with E-state index in [1.165, 1.54) is 0 Å². The van der Waals surface area contributed by atoms with E-state index in [1.807, 2.05) is 13.8 Å². The number of Topliss-reactive ketones (excluding diaryl/α,β-unsaturated/α-hetero) is 1. The third kappa shape index (κ3) is 3.41. The second-order valence-corrected chi connectivity index (χ2v) is 5.76. The summed E-state index contributed by atoms with van der Waals surface area (Å²) < 4.78 is 5.55. The van der Waals surface area contributed by atoms with Gasteiger partial charge in [0.15, 0.2) is 11.5 Å². The number of hydrogen-bond acceptors (Lipinski definition) is 3. The number of carbonyl (C=O) groups excluding carboxylic acids is 1. The summed E-state index contributed by atoms with van der Waals surface area (Å²) in [6.07, 6.45) is 1.86. The van der Waals surface area contributed by atoms with E-state index in [9.17, 15) is 4.79 Å². The van der Waals surface area contributed by atoms with E-state index < -0.39 is 0 Å². The largest absolute Gasteiger partial charge is 0.488 e. The number of carbonyl (C=O) groups is 1. The van der Waals surface area contributed by atoms with Crippen LogP contribution in [-0.4, -0.2) is 24.5 Å². The van der Waals surface area contributed by atoms with Crippen LogP contribution in [0.4, 0.5) is 0 Å². The van der Waals surface area contributed by atoms with E-state index in [-0.39, 0.29) is 17.9 Å². The number of benzene rings is 1. The van der Waals surface area contributed by atoms with Gasteiger partial charge < -0.3 is 10.1 Å². The summed E-state index contributed by atoms with van der Waals surface area (Å²) in [5.41, 5.74) is 0.533. The van der Waals surface area contributed by atoms with E-state index in [0.717, 1.165) is 19.4 Å². The molecule has 1 aromatic rings. The number of rotatable bonds is 4. The summed E-state index contributed by atoms with van der Waals surface area (Å²) in [6, 6.07) is 3.14. The first-order valence-corrected chi connectivity index (χ1v) is 7.18. The van der Waals surface area contributed by atoms with Crippen molar-refractivity contribution in [3.63, 3.8) is 0 Å². The summed E-state index contributed by atoms with van der Waals surface area (Å²) in [7, 11) is 0. The van der Waals surface area contributed by atoms with Crippen molar-refractivity contribution in [2.24, 2.45) is 0 Å². The van der Waals surface area contributed by atoms with E-state index in [2.05, 4.69) is 5.32 Å². The predicted molar refractivity (Wildman–Crippen MR) is 77.6 cm³/mol. The second-order valence-electron chi connectivity index (χ2n) is 4.95. The first-order chi connectivity index (χ1) is 8.99. The van der Waals surface area contributed by atoms with Gasteiger partial charge in [-0.2, -0.15) is 0 Å². The minimum atomic E-state index is -0.121. The Hall–Kier alpha value is -0.770. The van der Waals surface area contributed by atoms with Crippen molar-refractivity contribution >= 4 is 29.0 Å². The molecule has 104 valence electrons. The average Bonchev–Trinajstić information content (AvgIpc) is 2.86. The highest BCUT2D eigenvalue weighted by molar-refractivity contribution is 6.37. The van der Waals surface area contributed by atoms with Crippen LogP contribution in [-0.2, 0) is 0 Å². The topological polar surface area (TPSA) is 38.3 Å². The molecule has 1 aromatic carbocycles. The molecule has 1 aliphatic rings. The van der Waals surface area contributed by atoms with Crippen LogP contribution in [0, 0.1) is 0 Å². The SMILES string of the molecule is CC(C)Oc1c(Cl)cc(C(=O)C2CCCN2)cc1Cl. The highest BCUT2D eigenvalue weighted by atomic mass is 35.5.